The third kappa shape index (κ3) is 7.52. The number of fused-ring (bicyclic) bond motifs is 3. The van der Waals surface area contributed by atoms with Crippen LogP contribution in [0.15, 0.2) is 132 Å². The van der Waals surface area contributed by atoms with Gasteiger partial charge in [-0.2, -0.15) is 0 Å². The summed E-state index contributed by atoms with van der Waals surface area (Å²) in [4.78, 5) is 0. The van der Waals surface area contributed by atoms with E-state index < -0.39 is 7.55 Å². The van der Waals surface area contributed by atoms with Crippen molar-refractivity contribution >= 4 is 12.8 Å². The van der Waals surface area contributed by atoms with Crippen LogP contribution in [-0.4, -0.2) is 23.2 Å². The van der Waals surface area contributed by atoms with Gasteiger partial charge in [-0.3, -0.25) is 0 Å². The van der Waals surface area contributed by atoms with Crippen LogP contribution < -0.4 is 0 Å². The molecule has 202 valence electrons. The number of hydrogen-bond donors (Lipinski definition) is 0. The maximum absolute atomic E-state index is 6.99. The van der Waals surface area contributed by atoms with Crippen molar-refractivity contribution in [2.24, 2.45) is 0 Å². The maximum atomic E-state index is 6.99. The minimum atomic E-state index is -0.652. The van der Waals surface area contributed by atoms with Gasteiger partial charge in [-0.15, -0.1) is 0 Å². The highest BCUT2D eigenvalue weighted by Gasteiger charge is 2.51. The Morgan fingerprint density at radius 2 is 1.10 bits per heavy atom. The molecule has 39 heavy (non-hydrogen) atoms. The van der Waals surface area contributed by atoms with Crippen molar-refractivity contribution in [3.8, 4) is 0 Å². The Kier molecular flexibility index (Phi) is 10.5. The minimum Gasteiger partial charge on any atom is -0.481 e. The first-order chi connectivity index (χ1) is 19.4. The molecule has 0 aromatic rings. The van der Waals surface area contributed by atoms with Gasteiger partial charge in [-0.1, -0.05) is 130 Å². The predicted molar refractivity (Wildman–Crippen MR) is 169 cm³/mol. The van der Waals surface area contributed by atoms with Crippen molar-refractivity contribution in [1.29, 1.82) is 0 Å². The second kappa shape index (κ2) is 14.9. The van der Waals surface area contributed by atoms with Gasteiger partial charge < -0.3 is 9.47 Å². The average molecular weight is 538 g/mol. The molecule has 0 aromatic heterocycles. The summed E-state index contributed by atoms with van der Waals surface area (Å²) in [5.74, 6) is 2.02. The van der Waals surface area contributed by atoms with Crippen LogP contribution in [0.1, 0.15) is 64.2 Å². The molecule has 0 radical (unpaired) electrons. The summed E-state index contributed by atoms with van der Waals surface area (Å²) < 4.78 is 13.8. The standard InChI is InChI=1S/C36H42O2P/c1-3-10-16-22-28-34-30(24-18-12-6-1)37-32-26-20-14-8-5-9-15-21-27-33-36(32)39(34)35-29-23-17-11-4-2-7-13-19-25-31(35)38-33/h1,3,5-6,8-10,12,14-16,18,20-22,24,26-28,31-32,35H,2,4,7,11,13,17,19,23,25,29H2/q+1. The number of rotatable bonds is 0. The summed E-state index contributed by atoms with van der Waals surface area (Å²) in [7, 11) is -0.652. The van der Waals surface area contributed by atoms with Gasteiger partial charge >= 0.3 is 0 Å². The first kappa shape index (κ1) is 27.5. The zero-order valence-corrected chi connectivity index (χ0v) is 23.9. The zero-order chi connectivity index (χ0) is 26.5. The van der Waals surface area contributed by atoms with Gasteiger partial charge in [0.2, 0.25) is 5.29 Å². The van der Waals surface area contributed by atoms with Crippen LogP contribution in [0.25, 0.3) is 0 Å². The molecule has 0 bridgehead atoms. The third-order valence-electron chi connectivity index (χ3n) is 7.80. The molecule has 0 saturated heterocycles. The van der Waals surface area contributed by atoms with E-state index in [1.54, 1.807) is 0 Å². The Labute approximate surface area is 236 Å². The van der Waals surface area contributed by atoms with Gasteiger partial charge in [-0.05, 0) is 50.0 Å². The molecule has 0 spiro atoms. The second-order valence-electron chi connectivity index (χ2n) is 10.6. The lowest BCUT2D eigenvalue weighted by Crippen LogP contribution is -2.40. The van der Waals surface area contributed by atoms with Crippen molar-refractivity contribution in [3.63, 3.8) is 0 Å². The number of allylic oxidation sites excluding steroid dienone is 19. The van der Waals surface area contributed by atoms with Crippen molar-refractivity contribution in [2.45, 2.75) is 82.1 Å². The summed E-state index contributed by atoms with van der Waals surface area (Å²) in [6, 6.07) is 0. The summed E-state index contributed by atoms with van der Waals surface area (Å²) in [6.45, 7) is 0. The third-order valence-corrected chi connectivity index (χ3v) is 10.9. The molecular formula is C36H42O2P+. The van der Waals surface area contributed by atoms with Crippen molar-refractivity contribution in [3.05, 3.63) is 132 Å². The predicted octanol–water partition coefficient (Wildman–Crippen LogP) is 9.85. The Bertz CT molecular complexity index is 1220. The summed E-state index contributed by atoms with van der Waals surface area (Å²) in [6.07, 6.45) is 53.4. The van der Waals surface area contributed by atoms with E-state index in [2.05, 4.69) is 115 Å². The Hall–Kier alpha value is -3.09. The monoisotopic (exact) mass is 537 g/mol. The smallest absolute Gasteiger partial charge is 0.213 e. The van der Waals surface area contributed by atoms with E-state index in [1.807, 2.05) is 0 Å². The molecule has 0 N–H and O–H groups in total. The lowest BCUT2D eigenvalue weighted by Gasteiger charge is -2.35. The van der Waals surface area contributed by atoms with E-state index >= 15 is 0 Å². The average Bonchev–Trinajstić information content (AvgIpc) is 2.92. The summed E-state index contributed by atoms with van der Waals surface area (Å²) >= 11 is 0. The van der Waals surface area contributed by atoms with Gasteiger partial charge in [0.1, 0.15) is 6.10 Å². The highest BCUT2D eigenvalue weighted by Crippen LogP contribution is 2.56. The van der Waals surface area contributed by atoms with Gasteiger partial charge in [0, 0.05) is 0 Å². The molecule has 0 amide bonds. The molecule has 3 aliphatic carbocycles. The van der Waals surface area contributed by atoms with E-state index in [4.69, 9.17) is 9.47 Å². The Morgan fingerprint density at radius 3 is 1.82 bits per heavy atom. The zero-order valence-electron chi connectivity index (χ0n) is 23.0. The van der Waals surface area contributed by atoms with E-state index in [1.165, 1.54) is 68.4 Å². The first-order valence-corrected chi connectivity index (χ1v) is 16.3. The fourth-order valence-electron chi connectivity index (χ4n) is 5.89. The number of ether oxygens (including phenoxy) is 2. The van der Waals surface area contributed by atoms with Crippen molar-refractivity contribution < 1.29 is 9.47 Å². The molecule has 0 aromatic carbocycles. The van der Waals surface area contributed by atoms with E-state index in [0.29, 0.717) is 5.66 Å². The Balaban J connectivity index is 1.68. The maximum Gasteiger partial charge on any atom is 0.213 e. The van der Waals surface area contributed by atoms with Gasteiger partial charge in [-0.25, -0.2) is 0 Å². The van der Waals surface area contributed by atoms with Gasteiger partial charge in [0.05, 0.1) is 0 Å². The van der Waals surface area contributed by atoms with Gasteiger partial charge in [0.15, 0.2) is 36.1 Å². The van der Waals surface area contributed by atoms with Crippen molar-refractivity contribution in [1.82, 2.24) is 0 Å². The molecule has 5 aliphatic rings. The van der Waals surface area contributed by atoms with Crippen molar-refractivity contribution in [2.75, 3.05) is 0 Å². The molecule has 4 atom stereocenters. The minimum absolute atomic E-state index is 0.143. The SMILES string of the molecule is C1=CC=CC=CC2=C(C=CC=C1)OC1C=CC=CC=CC=CC=C3OC4CCCCCCCCCCC4[P+]2=C31. The fourth-order valence-corrected chi connectivity index (χ4v) is 9.24. The van der Waals surface area contributed by atoms with Crippen LogP contribution in [-0.2, 0) is 9.47 Å². The molecular weight excluding hydrogens is 495 g/mol. The first-order valence-electron chi connectivity index (χ1n) is 14.9. The molecule has 2 aliphatic heterocycles. The molecule has 3 heteroatoms. The second-order valence-corrected chi connectivity index (χ2v) is 13.0. The summed E-state index contributed by atoms with van der Waals surface area (Å²) in [5.41, 5.74) is 0.495. The van der Waals surface area contributed by atoms with Crippen LogP contribution in [0.2, 0.25) is 0 Å². The molecule has 5 rings (SSSR count). The fraction of sp³-hybridized carbons (Fsp3) is 0.361. The van der Waals surface area contributed by atoms with Crippen LogP contribution in [0, 0.1) is 0 Å². The van der Waals surface area contributed by atoms with Crippen LogP contribution in [0.3, 0.4) is 0 Å². The molecule has 2 heterocycles. The van der Waals surface area contributed by atoms with Crippen LogP contribution >= 0.6 is 7.55 Å². The Morgan fingerprint density at radius 1 is 0.538 bits per heavy atom. The van der Waals surface area contributed by atoms with Crippen LogP contribution in [0.4, 0.5) is 0 Å². The van der Waals surface area contributed by atoms with E-state index in [9.17, 15) is 0 Å². The molecule has 1 saturated carbocycles. The summed E-state index contributed by atoms with van der Waals surface area (Å²) in [5, 5.41) is 2.67. The van der Waals surface area contributed by atoms with E-state index in [-0.39, 0.29) is 12.2 Å². The molecule has 1 fully saturated rings. The van der Waals surface area contributed by atoms with E-state index in [0.717, 1.165) is 17.9 Å². The number of hydrogen-bond acceptors (Lipinski definition) is 2. The lowest BCUT2D eigenvalue weighted by atomic mass is 9.98. The highest BCUT2D eigenvalue weighted by atomic mass is 31.1. The largest absolute Gasteiger partial charge is 0.481 e. The highest BCUT2D eigenvalue weighted by molar-refractivity contribution is 7.65. The normalized spacial score (nSPS) is 28.6. The van der Waals surface area contributed by atoms with Crippen LogP contribution in [0.5, 0.6) is 0 Å². The lowest BCUT2D eigenvalue weighted by molar-refractivity contribution is 0.104. The molecule has 2 nitrogen and oxygen atoms in total. The topological polar surface area (TPSA) is 18.5 Å². The quantitative estimate of drug-likeness (QED) is 0.286. The van der Waals surface area contributed by atoms with Gasteiger partial charge in [0.25, 0.3) is 0 Å². The molecule has 4 unspecified atom stereocenters.